The number of ether oxygens (including phenoxy) is 1. The molecule has 140 valence electrons. The van der Waals surface area contributed by atoms with Gasteiger partial charge in [0.1, 0.15) is 5.94 Å². The number of rotatable bonds is 12. The molecule has 0 heterocycles. The second kappa shape index (κ2) is 13.9. The highest BCUT2D eigenvalue weighted by molar-refractivity contribution is 8.77. The molecule has 0 bridgehead atoms. The Bertz CT molecular complexity index is 402. The normalized spacial score (nSPS) is 11.5. The predicted molar refractivity (Wildman–Crippen MR) is 108 cm³/mol. The Morgan fingerprint density at radius 3 is 2.58 bits per heavy atom. The summed E-state index contributed by atoms with van der Waals surface area (Å²) in [6.45, 7) is 14.9. The maximum atomic E-state index is 11.6. The Labute approximate surface area is 156 Å². The number of carbonyl (C=O) groups is 1. The van der Waals surface area contributed by atoms with Crippen molar-refractivity contribution in [2.75, 3.05) is 25.6 Å². The van der Waals surface area contributed by atoms with E-state index in [1.54, 1.807) is 10.8 Å². The first-order valence-electron chi connectivity index (χ1n) is 8.60. The van der Waals surface area contributed by atoms with Gasteiger partial charge < -0.3 is 15.4 Å². The maximum Gasteiger partial charge on any atom is 0.220 e. The van der Waals surface area contributed by atoms with Crippen molar-refractivity contribution in [3.05, 3.63) is 0 Å². The molecule has 0 fully saturated rings. The Hall–Kier alpha value is -0.350. The summed E-state index contributed by atoms with van der Waals surface area (Å²) in [7, 11) is 3.56. The Kier molecular flexibility index (Phi) is 13.7. The van der Waals surface area contributed by atoms with Gasteiger partial charge in [0.2, 0.25) is 5.91 Å². The molecule has 0 radical (unpaired) electrons. The first kappa shape index (κ1) is 23.6. The van der Waals surface area contributed by atoms with E-state index in [0.29, 0.717) is 37.5 Å². The third kappa shape index (κ3) is 16.5. The largest absolute Gasteiger partial charge is 0.370 e. The molecule has 24 heavy (non-hydrogen) atoms. The fraction of sp³-hybridized carbons (Fsp3) is 0.833. The number of hydrogen-bond acceptors (Lipinski definition) is 5. The minimum Gasteiger partial charge on any atom is -0.370 e. The van der Waals surface area contributed by atoms with E-state index in [1.165, 1.54) is 0 Å². The molecule has 0 atom stereocenters. The molecule has 1 amide bonds. The molecule has 0 aliphatic carbocycles. The Morgan fingerprint density at radius 1 is 1.25 bits per heavy atom. The lowest BCUT2D eigenvalue weighted by Crippen LogP contribution is -2.35. The highest BCUT2D eigenvalue weighted by Gasteiger charge is 2.18. The van der Waals surface area contributed by atoms with Crippen LogP contribution in [0.3, 0.4) is 0 Å². The van der Waals surface area contributed by atoms with E-state index in [0.717, 1.165) is 13.0 Å². The average molecular weight is 375 g/mol. The van der Waals surface area contributed by atoms with Crippen molar-refractivity contribution in [1.29, 1.82) is 0 Å². The van der Waals surface area contributed by atoms with Crippen molar-refractivity contribution in [3.63, 3.8) is 0 Å². The minimum absolute atomic E-state index is 0.0413. The zero-order chi connectivity index (χ0) is 18.4. The summed E-state index contributed by atoms with van der Waals surface area (Å²) in [4.78, 5) is 11.6. The van der Waals surface area contributed by atoms with Crippen molar-refractivity contribution in [1.82, 2.24) is 10.6 Å². The van der Waals surface area contributed by atoms with Crippen molar-refractivity contribution in [3.8, 4) is 11.8 Å². The van der Waals surface area contributed by atoms with E-state index in [1.807, 2.05) is 24.6 Å². The molecule has 0 aromatic rings. The summed E-state index contributed by atoms with van der Waals surface area (Å²) in [5.74, 6) is 7.00. The SMILES string of the molecule is CC(C)C#CCNC(=O)CCCOCSSC(C)(C)CNC(C)C. The van der Waals surface area contributed by atoms with Crippen LogP contribution in [-0.4, -0.2) is 42.3 Å². The number of nitrogens with one attached hydrogen (secondary N) is 2. The molecular weight excluding hydrogens is 340 g/mol. The van der Waals surface area contributed by atoms with Gasteiger partial charge in [-0.3, -0.25) is 4.79 Å². The molecule has 0 saturated carbocycles. The van der Waals surface area contributed by atoms with Gasteiger partial charge in [0.05, 0.1) is 6.54 Å². The Morgan fingerprint density at radius 2 is 1.96 bits per heavy atom. The lowest BCUT2D eigenvalue weighted by atomic mass is 10.2. The van der Waals surface area contributed by atoms with Crippen LogP contribution in [-0.2, 0) is 9.53 Å². The fourth-order valence-electron chi connectivity index (χ4n) is 1.58. The van der Waals surface area contributed by atoms with Crippen LogP contribution in [0.1, 0.15) is 54.4 Å². The van der Waals surface area contributed by atoms with Gasteiger partial charge >= 0.3 is 0 Å². The van der Waals surface area contributed by atoms with Crippen molar-refractivity contribution >= 4 is 27.5 Å². The van der Waals surface area contributed by atoms with Gasteiger partial charge in [0, 0.05) is 36.3 Å². The van der Waals surface area contributed by atoms with Crippen molar-refractivity contribution in [2.24, 2.45) is 5.92 Å². The molecular formula is C18H34N2O2S2. The number of amides is 1. The van der Waals surface area contributed by atoms with Crippen LogP contribution in [0.2, 0.25) is 0 Å². The molecule has 0 rings (SSSR count). The molecule has 0 spiro atoms. The molecule has 2 N–H and O–H groups in total. The van der Waals surface area contributed by atoms with E-state index >= 15 is 0 Å². The monoisotopic (exact) mass is 374 g/mol. The zero-order valence-corrected chi connectivity index (χ0v) is 17.7. The fourth-order valence-corrected chi connectivity index (χ4v) is 3.75. The predicted octanol–water partition coefficient (Wildman–Crippen LogP) is 3.67. The summed E-state index contributed by atoms with van der Waals surface area (Å²) in [5.41, 5.74) is 0. The summed E-state index contributed by atoms with van der Waals surface area (Å²) in [6, 6.07) is 0.508. The van der Waals surface area contributed by atoms with Crippen LogP contribution in [0, 0.1) is 17.8 Å². The standard InChI is InChI=1S/C18H34N2O2S2/c1-15(2)9-7-11-19-17(21)10-8-12-22-14-23-24-18(5,6)13-20-16(3)4/h15-16,20H,8,10-14H2,1-6H3,(H,19,21). The van der Waals surface area contributed by atoms with Gasteiger partial charge in [-0.05, 0) is 20.3 Å². The molecule has 0 saturated heterocycles. The number of carbonyl (C=O) groups excluding carboxylic acids is 1. The van der Waals surface area contributed by atoms with Crippen LogP contribution in [0.15, 0.2) is 0 Å². The van der Waals surface area contributed by atoms with Gasteiger partial charge in [-0.1, -0.05) is 61.1 Å². The molecule has 0 aromatic heterocycles. The smallest absolute Gasteiger partial charge is 0.220 e. The third-order valence-electron chi connectivity index (χ3n) is 2.81. The van der Waals surface area contributed by atoms with Crippen LogP contribution in [0.25, 0.3) is 0 Å². The Balaban J connectivity index is 3.54. The van der Waals surface area contributed by atoms with Gasteiger partial charge in [-0.2, -0.15) is 0 Å². The number of hydrogen-bond donors (Lipinski definition) is 2. The lowest BCUT2D eigenvalue weighted by molar-refractivity contribution is -0.121. The van der Waals surface area contributed by atoms with Crippen LogP contribution in [0.5, 0.6) is 0 Å². The summed E-state index contributed by atoms with van der Waals surface area (Å²) in [6.07, 6.45) is 1.23. The van der Waals surface area contributed by atoms with Crippen molar-refractivity contribution in [2.45, 2.75) is 65.2 Å². The van der Waals surface area contributed by atoms with Crippen LogP contribution >= 0.6 is 21.6 Å². The van der Waals surface area contributed by atoms with E-state index < -0.39 is 0 Å². The van der Waals surface area contributed by atoms with E-state index in [4.69, 9.17) is 4.74 Å². The van der Waals surface area contributed by atoms with Gasteiger partial charge in [-0.25, -0.2) is 0 Å². The zero-order valence-electron chi connectivity index (χ0n) is 16.0. The highest BCUT2D eigenvalue weighted by Crippen LogP contribution is 2.35. The molecule has 6 heteroatoms. The molecule has 0 aliphatic rings. The summed E-state index contributed by atoms with van der Waals surface area (Å²) < 4.78 is 5.75. The topological polar surface area (TPSA) is 50.4 Å². The first-order chi connectivity index (χ1) is 11.2. The molecule has 0 aromatic carbocycles. The second-order valence-corrected chi connectivity index (χ2v) is 9.83. The highest BCUT2D eigenvalue weighted by atomic mass is 33.1. The molecule has 0 unspecified atom stereocenters. The third-order valence-corrected chi connectivity index (χ3v) is 5.78. The maximum absolute atomic E-state index is 11.6. The molecule has 0 aliphatic heterocycles. The first-order valence-corrected chi connectivity index (χ1v) is 10.9. The van der Waals surface area contributed by atoms with E-state index in [2.05, 4.69) is 50.2 Å². The minimum atomic E-state index is 0.0413. The summed E-state index contributed by atoms with van der Waals surface area (Å²) >= 11 is 0. The summed E-state index contributed by atoms with van der Waals surface area (Å²) in [5, 5.41) is 6.26. The van der Waals surface area contributed by atoms with Gasteiger partial charge in [0.25, 0.3) is 0 Å². The van der Waals surface area contributed by atoms with Gasteiger partial charge in [-0.15, -0.1) is 0 Å². The quantitative estimate of drug-likeness (QED) is 0.236. The van der Waals surface area contributed by atoms with Gasteiger partial charge in [0.15, 0.2) is 0 Å². The molecule has 4 nitrogen and oxygen atoms in total. The lowest BCUT2D eigenvalue weighted by Gasteiger charge is -2.24. The van der Waals surface area contributed by atoms with E-state index in [-0.39, 0.29) is 10.7 Å². The van der Waals surface area contributed by atoms with E-state index in [9.17, 15) is 4.79 Å². The second-order valence-electron chi connectivity index (χ2n) is 6.88. The van der Waals surface area contributed by atoms with Crippen LogP contribution < -0.4 is 10.6 Å². The average Bonchev–Trinajstić information content (AvgIpc) is 2.48. The van der Waals surface area contributed by atoms with Crippen molar-refractivity contribution < 1.29 is 9.53 Å². The van der Waals surface area contributed by atoms with Crippen LogP contribution in [0.4, 0.5) is 0 Å².